The molecule has 0 spiro atoms. The van der Waals surface area contributed by atoms with Gasteiger partial charge in [0, 0.05) is 12.2 Å². The number of carbonyl (C=O) groups excluding carboxylic acids is 1. The molecule has 70 valence electrons. The van der Waals surface area contributed by atoms with Crippen molar-refractivity contribution in [1.82, 2.24) is 9.78 Å². The fraction of sp³-hybridized carbons (Fsp3) is 0.600. The molecule has 13 heavy (non-hydrogen) atoms. The number of nitrogens with zero attached hydrogens (tertiary/aromatic N) is 2. The number of aryl methyl sites for hydroxylation is 1. The van der Waals surface area contributed by atoms with Crippen molar-refractivity contribution in [2.45, 2.75) is 39.2 Å². The lowest BCUT2D eigenvalue weighted by atomic mass is 10.1. The predicted octanol–water partition coefficient (Wildman–Crippen LogP) is 1.81. The Morgan fingerprint density at radius 1 is 1.46 bits per heavy atom. The van der Waals surface area contributed by atoms with Crippen molar-refractivity contribution < 1.29 is 4.79 Å². The highest BCUT2D eigenvalue weighted by Crippen LogP contribution is 2.17. The number of carbonyl (C=O) groups is 1. The van der Waals surface area contributed by atoms with Crippen molar-refractivity contribution >= 4 is 5.78 Å². The quantitative estimate of drug-likeness (QED) is 0.615. The number of hydrogen-bond acceptors (Lipinski definition) is 2. The third-order valence-corrected chi connectivity index (χ3v) is 2.61. The van der Waals surface area contributed by atoms with E-state index in [2.05, 4.69) is 5.10 Å². The molecule has 0 fully saturated rings. The van der Waals surface area contributed by atoms with Crippen LogP contribution in [0.3, 0.4) is 0 Å². The molecular formula is C10H14N2O. The number of ketones is 1. The Balaban J connectivity index is 2.39. The minimum Gasteiger partial charge on any atom is -0.294 e. The van der Waals surface area contributed by atoms with Gasteiger partial charge in [0.05, 0.1) is 11.8 Å². The second kappa shape index (κ2) is 3.32. The highest BCUT2D eigenvalue weighted by molar-refractivity contribution is 5.94. The van der Waals surface area contributed by atoms with Crippen molar-refractivity contribution in [3.05, 3.63) is 17.5 Å². The van der Waals surface area contributed by atoms with Gasteiger partial charge in [0.1, 0.15) is 0 Å². The van der Waals surface area contributed by atoms with E-state index in [-0.39, 0.29) is 5.78 Å². The minimum atomic E-state index is 0.142. The first-order valence-corrected chi connectivity index (χ1v) is 4.84. The van der Waals surface area contributed by atoms with E-state index in [9.17, 15) is 4.79 Å². The van der Waals surface area contributed by atoms with Gasteiger partial charge in [-0.25, -0.2) is 0 Å². The fourth-order valence-corrected chi connectivity index (χ4v) is 1.89. The average Bonchev–Trinajstić information content (AvgIpc) is 2.36. The Bertz CT molecular complexity index is 328. The van der Waals surface area contributed by atoms with Crippen LogP contribution in [-0.4, -0.2) is 15.6 Å². The number of Topliss-reactive ketones (excluding diaryl/α,β-unsaturated/α-hetero) is 1. The van der Waals surface area contributed by atoms with Crippen LogP contribution in [0.1, 0.15) is 42.2 Å². The molecule has 0 saturated carbocycles. The van der Waals surface area contributed by atoms with Gasteiger partial charge < -0.3 is 0 Å². The average molecular weight is 178 g/mol. The van der Waals surface area contributed by atoms with Gasteiger partial charge in [-0.05, 0) is 26.2 Å². The van der Waals surface area contributed by atoms with E-state index in [1.807, 2.05) is 4.68 Å². The summed E-state index contributed by atoms with van der Waals surface area (Å²) in [6, 6.07) is 0. The van der Waals surface area contributed by atoms with Crippen LogP contribution < -0.4 is 0 Å². The van der Waals surface area contributed by atoms with E-state index in [1.54, 1.807) is 13.1 Å². The number of hydrogen-bond donors (Lipinski definition) is 0. The number of aromatic nitrogens is 2. The molecule has 0 atom stereocenters. The molecule has 1 aliphatic heterocycles. The zero-order valence-corrected chi connectivity index (χ0v) is 7.92. The highest BCUT2D eigenvalue weighted by Gasteiger charge is 2.15. The summed E-state index contributed by atoms with van der Waals surface area (Å²) in [7, 11) is 0. The summed E-state index contributed by atoms with van der Waals surface area (Å²) in [6.45, 7) is 2.59. The molecule has 0 aromatic carbocycles. The zero-order valence-electron chi connectivity index (χ0n) is 7.92. The highest BCUT2D eigenvalue weighted by atomic mass is 16.1. The fourth-order valence-electron chi connectivity index (χ4n) is 1.89. The largest absolute Gasteiger partial charge is 0.294 e. The standard InChI is InChI=1S/C10H14N2O/c1-8(13)9-7-11-12-6-4-2-3-5-10(9)12/h7H,2-6H2,1H3. The van der Waals surface area contributed by atoms with Gasteiger partial charge in [0.15, 0.2) is 5.78 Å². The van der Waals surface area contributed by atoms with Crippen molar-refractivity contribution in [3.63, 3.8) is 0 Å². The molecule has 1 aliphatic rings. The van der Waals surface area contributed by atoms with Crippen LogP contribution in [0, 0.1) is 0 Å². The molecule has 0 bridgehead atoms. The van der Waals surface area contributed by atoms with Gasteiger partial charge in [-0.1, -0.05) is 6.42 Å². The molecule has 3 heteroatoms. The van der Waals surface area contributed by atoms with Crippen LogP contribution in [0.2, 0.25) is 0 Å². The molecule has 1 aromatic heterocycles. The van der Waals surface area contributed by atoms with Crippen LogP contribution in [0.5, 0.6) is 0 Å². The summed E-state index contributed by atoms with van der Waals surface area (Å²) >= 11 is 0. The lowest BCUT2D eigenvalue weighted by Crippen LogP contribution is -2.04. The summed E-state index contributed by atoms with van der Waals surface area (Å²) < 4.78 is 1.99. The first-order chi connectivity index (χ1) is 6.29. The van der Waals surface area contributed by atoms with E-state index < -0.39 is 0 Å². The SMILES string of the molecule is CC(=O)c1cnn2c1CCCCC2. The molecule has 2 rings (SSSR count). The monoisotopic (exact) mass is 178 g/mol. The van der Waals surface area contributed by atoms with E-state index in [1.165, 1.54) is 19.3 Å². The third-order valence-electron chi connectivity index (χ3n) is 2.61. The van der Waals surface area contributed by atoms with Crippen LogP contribution in [-0.2, 0) is 13.0 Å². The molecule has 0 radical (unpaired) electrons. The van der Waals surface area contributed by atoms with Crippen LogP contribution in [0.25, 0.3) is 0 Å². The lowest BCUT2D eigenvalue weighted by Gasteiger charge is -2.02. The summed E-state index contributed by atoms with van der Waals surface area (Å²) in [4.78, 5) is 11.2. The Hall–Kier alpha value is -1.12. The van der Waals surface area contributed by atoms with E-state index in [4.69, 9.17) is 0 Å². The topological polar surface area (TPSA) is 34.9 Å². The molecule has 0 aliphatic carbocycles. The van der Waals surface area contributed by atoms with Gasteiger partial charge >= 0.3 is 0 Å². The van der Waals surface area contributed by atoms with Crippen molar-refractivity contribution in [1.29, 1.82) is 0 Å². The summed E-state index contributed by atoms with van der Waals surface area (Å²) in [5.41, 5.74) is 1.96. The first kappa shape index (κ1) is 8.48. The van der Waals surface area contributed by atoms with Crippen molar-refractivity contribution in [3.8, 4) is 0 Å². The molecule has 0 unspecified atom stereocenters. The summed E-state index contributed by atoms with van der Waals surface area (Å²) in [6.07, 6.45) is 6.34. The van der Waals surface area contributed by atoms with E-state index in [0.29, 0.717) is 0 Å². The zero-order chi connectivity index (χ0) is 9.26. The third kappa shape index (κ3) is 1.50. The lowest BCUT2D eigenvalue weighted by molar-refractivity contribution is 0.101. The predicted molar refractivity (Wildman–Crippen MR) is 49.8 cm³/mol. The maximum atomic E-state index is 11.2. The Morgan fingerprint density at radius 2 is 2.31 bits per heavy atom. The maximum absolute atomic E-state index is 11.2. The van der Waals surface area contributed by atoms with Crippen LogP contribution in [0.4, 0.5) is 0 Å². The summed E-state index contributed by atoms with van der Waals surface area (Å²) in [5.74, 6) is 0.142. The molecular weight excluding hydrogens is 164 g/mol. The van der Waals surface area contributed by atoms with Gasteiger partial charge in [-0.2, -0.15) is 5.10 Å². The normalized spacial score (nSPS) is 16.4. The maximum Gasteiger partial charge on any atom is 0.163 e. The molecule has 0 saturated heterocycles. The van der Waals surface area contributed by atoms with Crippen LogP contribution in [0.15, 0.2) is 6.20 Å². The second-order valence-electron chi connectivity index (χ2n) is 3.59. The second-order valence-corrected chi connectivity index (χ2v) is 3.59. The Labute approximate surface area is 77.7 Å². The first-order valence-electron chi connectivity index (χ1n) is 4.84. The molecule has 2 heterocycles. The van der Waals surface area contributed by atoms with Gasteiger partial charge in [-0.15, -0.1) is 0 Å². The van der Waals surface area contributed by atoms with Gasteiger partial charge in [0.2, 0.25) is 0 Å². The van der Waals surface area contributed by atoms with Crippen molar-refractivity contribution in [2.24, 2.45) is 0 Å². The number of rotatable bonds is 1. The van der Waals surface area contributed by atoms with E-state index in [0.717, 1.165) is 24.2 Å². The Morgan fingerprint density at radius 3 is 3.08 bits per heavy atom. The number of fused-ring (bicyclic) bond motifs is 1. The van der Waals surface area contributed by atoms with Crippen LogP contribution >= 0.6 is 0 Å². The molecule has 3 nitrogen and oxygen atoms in total. The Kier molecular flexibility index (Phi) is 2.17. The van der Waals surface area contributed by atoms with Crippen molar-refractivity contribution in [2.75, 3.05) is 0 Å². The summed E-state index contributed by atoms with van der Waals surface area (Å²) in [5, 5.41) is 4.23. The van der Waals surface area contributed by atoms with Gasteiger partial charge in [0.25, 0.3) is 0 Å². The minimum absolute atomic E-state index is 0.142. The smallest absolute Gasteiger partial charge is 0.163 e. The van der Waals surface area contributed by atoms with Gasteiger partial charge in [-0.3, -0.25) is 9.48 Å². The van der Waals surface area contributed by atoms with E-state index >= 15 is 0 Å². The molecule has 0 amide bonds. The molecule has 0 N–H and O–H groups in total. The molecule has 1 aromatic rings.